The van der Waals surface area contributed by atoms with Crippen LogP contribution in [0.25, 0.3) is 11.2 Å². The van der Waals surface area contributed by atoms with E-state index in [4.69, 9.17) is 17.3 Å². The molecule has 3 heterocycles. The summed E-state index contributed by atoms with van der Waals surface area (Å²) in [5.41, 5.74) is 9.77. The fraction of sp³-hybridized carbons (Fsp3) is 0.167. The van der Waals surface area contributed by atoms with Crippen LogP contribution in [0.3, 0.4) is 0 Å². The zero-order valence-corrected chi connectivity index (χ0v) is 12.7. The first-order chi connectivity index (χ1) is 9.56. The van der Waals surface area contributed by atoms with Crippen LogP contribution in [0.15, 0.2) is 21.4 Å². The molecule has 3 aromatic rings. The topological polar surface area (TPSA) is 90.7 Å². The molecular weight excluding hydrogens is 346 g/mol. The van der Waals surface area contributed by atoms with Crippen LogP contribution in [0.1, 0.15) is 17.0 Å². The lowest BCUT2D eigenvalue weighted by molar-refractivity contribution is 0.315. The van der Waals surface area contributed by atoms with Crippen molar-refractivity contribution in [2.24, 2.45) is 0 Å². The van der Waals surface area contributed by atoms with E-state index in [0.717, 1.165) is 21.4 Å². The third-order valence-corrected chi connectivity index (χ3v) is 3.75. The summed E-state index contributed by atoms with van der Waals surface area (Å²) in [4.78, 5) is 8.61. The van der Waals surface area contributed by atoms with Gasteiger partial charge < -0.3 is 5.73 Å². The minimum Gasteiger partial charge on any atom is -0.396 e. The Morgan fingerprint density at radius 3 is 2.95 bits per heavy atom. The Morgan fingerprint density at radius 2 is 2.20 bits per heavy atom. The molecule has 0 aliphatic heterocycles. The van der Waals surface area contributed by atoms with E-state index in [1.54, 1.807) is 12.3 Å². The van der Waals surface area contributed by atoms with E-state index in [0.29, 0.717) is 28.3 Å². The number of aromatic nitrogens is 4. The number of nitrogens with two attached hydrogens (primary N) is 1. The maximum Gasteiger partial charge on any atom is 0.226 e. The highest BCUT2D eigenvalue weighted by Gasteiger charge is 2.16. The lowest BCUT2D eigenvalue weighted by Gasteiger charge is -2.09. The Hall–Kier alpha value is -1.73. The molecule has 3 aromatic heterocycles. The summed E-state index contributed by atoms with van der Waals surface area (Å²) in [6, 6.07) is 1.79. The van der Waals surface area contributed by atoms with E-state index >= 15 is 0 Å². The average molecular weight is 355 g/mol. The standard InChI is InChI=1S/C12H9BrClN5O/c1-5-7(3-9-8(14)2-6(13)4-16-9)10(15)11-12(17-5)19-20-18-11/h2,4H,3,15H2,1H3. The van der Waals surface area contributed by atoms with Crippen LogP contribution in [-0.2, 0) is 6.42 Å². The van der Waals surface area contributed by atoms with Crippen LogP contribution >= 0.6 is 27.5 Å². The molecule has 0 radical (unpaired) electrons. The van der Waals surface area contributed by atoms with Crippen LogP contribution < -0.4 is 5.73 Å². The van der Waals surface area contributed by atoms with Crippen molar-refractivity contribution in [2.75, 3.05) is 5.73 Å². The number of hydrogen-bond donors (Lipinski definition) is 1. The summed E-state index contributed by atoms with van der Waals surface area (Å²) in [5, 5.41) is 8.02. The molecule has 0 aromatic carbocycles. The van der Waals surface area contributed by atoms with Crippen LogP contribution in [0.4, 0.5) is 5.69 Å². The average Bonchev–Trinajstić information content (AvgIpc) is 2.85. The minimum atomic E-state index is 0.401. The summed E-state index contributed by atoms with van der Waals surface area (Å²) in [6.07, 6.45) is 2.16. The van der Waals surface area contributed by atoms with E-state index in [-0.39, 0.29) is 0 Å². The van der Waals surface area contributed by atoms with Gasteiger partial charge in [-0.1, -0.05) is 11.6 Å². The van der Waals surface area contributed by atoms with Gasteiger partial charge in [-0.15, -0.1) is 0 Å². The molecule has 0 bridgehead atoms. The van der Waals surface area contributed by atoms with Gasteiger partial charge in [0.15, 0.2) is 5.52 Å². The van der Waals surface area contributed by atoms with Gasteiger partial charge in [0.2, 0.25) is 5.65 Å². The monoisotopic (exact) mass is 353 g/mol. The van der Waals surface area contributed by atoms with Crippen LogP contribution in [0.5, 0.6) is 0 Å². The van der Waals surface area contributed by atoms with Gasteiger partial charge in [-0.25, -0.2) is 9.61 Å². The third kappa shape index (κ3) is 2.23. The Kier molecular flexibility index (Phi) is 3.31. The number of nitrogens with zero attached hydrogens (tertiary/aromatic N) is 4. The number of halogens is 2. The number of aryl methyl sites for hydroxylation is 1. The fourth-order valence-electron chi connectivity index (χ4n) is 1.95. The van der Waals surface area contributed by atoms with Gasteiger partial charge in [0.1, 0.15) is 0 Å². The zero-order valence-electron chi connectivity index (χ0n) is 10.4. The highest BCUT2D eigenvalue weighted by molar-refractivity contribution is 9.10. The molecular formula is C12H9BrClN5O. The van der Waals surface area contributed by atoms with Gasteiger partial charge in [0.05, 0.1) is 16.4 Å². The molecule has 6 nitrogen and oxygen atoms in total. The van der Waals surface area contributed by atoms with Crippen LogP contribution in [0.2, 0.25) is 5.02 Å². The number of rotatable bonds is 2. The fourth-order valence-corrected chi connectivity index (χ4v) is 2.65. The number of pyridine rings is 2. The molecule has 0 aliphatic carbocycles. The Balaban J connectivity index is 2.10. The van der Waals surface area contributed by atoms with Gasteiger partial charge in [0.25, 0.3) is 0 Å². The maximum atomic E-state index is 6.18. The highest BCUT2D eigenvalue weighted by Crippen LogP contribution is 2.28. The van der Waals surface area contributed by atoms with Crippen molar-refractivity contribution in [3.63, 3.8) is 0 Å². The number of hydrogen-bond acceptors (Lipinski definition) is 6. The first kappa shape index (κ1) is 13.3. The molecule has 102 valence electrons. The molecule has 0 fully saturated rings. The van der Waals surface area contributed by atoms with E-state index < -0.39 is 0 Å². The summed E-state index contributed by atoms with van der Waals surface area (Å²) < 4.78 is 5.48. The summed E-state index contributed by atoms with van der Waals surface area (Å²) in [5.74, 6) is 0. The molecule has 0 spiro atoms. The second kappa shape index (κ2) is 4.99. The molecule has 8 heteroatoms. The molecule has 3 rings (SSSR count). The van der Waals surface area contributed by atoms with Crippen LogP contribution in [0, 0.1) is 6.92 Å². The quantitative estimate of drug-likeness (QED) is 0.761. The van der Waals surface area contributed by atoms with E-state index in [2.05, 4.69) is 40.8 Å². The Bertz CT molecular complexity index is 804. The van der Waals surface area contributed by atoms with Gasteiger partial charge in [-0.05, 0) is 39.2 Å². The lowest BCUT2D eigenvalue weighted by atomic mass is 10.1. The summed E-state index contributed by atoms with van der Waals surface area (Å²) in [6.45, 7) is 1.85. The van der Waals surface area contributed by atoms with Gasteiger partial charge in [-0.2, -0.15) is 0 Å². The second-order valence-corrected chi connectivity index (χ2v) is 5.61. The predicted octanol–water partition coefficient (Wildman–Crippen LogP) is 2.91. The van der Waals surface area contributed by atoms with E-state index in [1.807, 2.05) is 6.92 Å². The number of anilines is 1. The van der Waals surface area contributed by atoms with Crippen molar-refractivity contribution in [1.29, 1.82) is 0 Å². The first-order valence-electron chi connectivity index (χ1n) is 5.73. The van der Waals surface area contributed by atoms with Crippen LogP contribution in [-0.4, -0.2) is 20.3 Å². The normalized spacial score (nSPS) is 11.2. The van der Waals surface area contributed by atoms with Crippen molar-refractivity contribution in [3.05, 3.63) is 38.7 Å². The van der Waals surface area contributed by atoms with Crippen molar-refractivity contribution >= 4 is 44.4 Å². The van der Waals surface area contributed by atoms with Crippen molar-refractivity contribution in [3.8, 4) is 0 Å². The van der Waals surface area contributed by atoms with E-state index in [9.17, 15) is 0 Å². The van der Waals surface area contributed by atoms with Crippen molar-refractivity contribution < 1.29 is 4.63 Å². The largest absolute Gasteiger partial charge is 0.396 e. The van der Waals surface area contributed by atoms with Gasteiger partial charge >= 0.3 is 0 Å². The number of fused-ring (bicyclic) bond motifs is 1. The van der Waals surface area contributed by atoms with E-state index in [1.165, 1.54) is 0 Å². The maximum absolute atomic E-state index is 6.18. The Morgan fingerprint density at radius 1 is 1.40 bits per heavy atom. The van der Waals surface area contributed by atoms with Crippen molar-refractivity contribution in [1.82, 2.24) is 20.3 Å². The number of nitrogen functional groups attached to an aromatic ring is 1. The molecule has 0 amide bonds. The summed E-state index contributed by atoms with van der Waals surface area (Å²) in [7, 11) is 0. The highest BCUT2D eigenvalue weighted by atomic mass is 79.9. The van der Waals surface area contributed by atoms with Gasteiger partial charge in [0, 0.05) is 28.3 Å². The smallest absolute Gasteiger partial charge is 0.226 e. The molecule has 0 atom stereocenters. The molecule has 0 unspecified atom stereocenters. The molecule has 20 heavy (non-hydrogen) atoms. The lowest BCUT2D eigenvalue weighted by Crippen LogP contribution is -2.04. The zero-order chi connectivity index (χ0) is 14.3. The predicted molar refractivity (Wildman–Crippen MR) is 78.5 cm³/mol. The SMILES string of the molecule is Cc1nc2nonc2c(N)c1Cc1ncc(Br)cc1Cl. The first-order valence-corrected chi connectivity index (χ1v) is 6.90. The third-order valence-electron chi connectivity index (χ3n) is 2.99. The molecule has 2 N–H and O–H groups in total. The molecule has 0 saturated heterocycles. The van der Waals surface area contributed by atoms with Crippen molar-refractivity contribution in [2.45, 2.75) is 13.3 Å². The molecule has 0 aliphatic rings. The van der Waals surface area contributed by atoms with Gasteiger partial charge in [-0.3, -0.25) is 4.98 Å². The summed E-state index contributed by atoms with van der Waals surface area (Å²) >= 11 is 9.50. The molecule has 0 saturated carbocycles. The second-order valence-electron chi connectivity index (χ2n) is 4.28. The minimum absolute atomic E-state index is 0.401. The Labute approximate surface area is 127 Å².